The molecule has 4 aliphatic rings. The summed E-state index contributed by atoms with van der Waals surface area (Å²) in [5.41, 5.74) is 6.14. The first-order valence-corrected chi connectivity index (χ1v) is 15.8. The highest BCUT2D eigenvalue weighted by Crippen LogP contribution is 2.52. The zero-order valence-electron chi connectivity index (χ0n) is 25.0. The number of nitrogens with zero attached hydrogens (tertiary/aromatic N) is 1. The molecule has 1 aliphatic heterocycles. The average Bonchev–Trinajstić information content (AvgIpc) is 3.47. The van der Waals surface area contributed by atoms with Gasteiger partial charge >= 0.3 is 0 Å². The lowest BCUT2D eigenvalue weighted by atomic mass is 9.62. The maximum Gasteiger partial charge on any atom is 0.265 e. The normalized spacial score (nSPS) is 23.2. The molecule has 2 heterocycles. The van der Waals surface area contributed by atoms with Crippen LogP contribution in [0, 0.1) is 17.8 Å². The molecular formula is C37H34N2O6. The van der Waals surface area contributed by atoms with E-state index < -0.39 is 5.92 Å². The molecule has 8 rings (SSSR count). The van der Waals surface area contributed by atoms with Gasteiger partial charge in [0, 0.05) is 24.2 Å². The average molecular weight is 603 g/mol. The molecule has 0 saturated heterocycles. The van der Waals surface area contributed by atoms with Gasteiger partial charge in [-0.3, -0.25) is 9.59 Å². The summed E-state index contributed by atoms with van der Waals surface area (Å²) in [5, 5.41) is 19.5. The predicted octanol–water partition coefficient (Wildman–Crippen LogP) is 6.99. The Morgan fingerprint density at radius 1 is 0.956 bits per heavy atom. The number of ketones is 2. The van der Waals surface area contributed by atoms with Crippen molar-refractivity contribution < 1.29 is 28.7 Å². The molecule has 0 bridgehead atoms. The molecule has 0 fully saturated rings. The molecule has 8 nitrogen and oxygen atoms in total. The topological polar surface area (TPSA) is 111 Å². The third-order valence-corrected chi connectivity index (χ3v) is 9.96. The van der Waals surface area contributed by atoms with Crippen LogP contribution in [0.15, 0.2) is 82.6 Å². The van der Waals surface area contributed by atoms with Gasteiger partial charge in [0.15, 0.2) is 17.3 Å². The Balaban J connectivity index is 1.16. The number of nitrogens with one attached hydrogen (secondary N) is 1. The summed E-state index contributed by atoms with van der Waals surface area (Å²) in [6.07, 6.45) is 2.60. The third-order valence-electron chi connectivity index (χ3n) is 9.96. The third kappa shape index (κ3) is 4.62. The van der Waals surface area contributed by atoms with Crippen molar-refractivity contribution in [2.24, 2.45) is 17.8 Å². The van der Waals surface area contributed by atoms with E-state index in [4.69, 9.17) is 14.0 Å². The number of fused-ring (bicyclic) bond motifs is 6. The van der Waals surface area contributed by atoms with Crippen LogP contribution in [0.25, 0.3) is 0 Å². The van der Waals surface area contributed by atoms with Crippen molar-refractivity contribution in [2.45, 2.75) is 51.7 Å². The number of aliphatic hydroxyl groups excluding tert-OH is 1. The number of aliphatic hydroxyl groups is 1. The molecule has 0 radical (unpaired) electrons. The molecular weight excluding hydrogens is 568 g/mol. The van der Waals surface area contributed by atoms with E-state index in [-0.39, 0.29) is 47.2 Å². The van der Waals surface area contributed by atoms with E-state index in [9.17, 15) is 14.7 Å². The lowest BCUT2D eigenvalue weighted by Crippen LogP contribution is -2.42. The van der Waals surface area contributed by atoms with Crippen molar-refractivity contribution in [3.05, 3.63) is 117 Å². The van der Waals surface area contributed by atoms with Crippen LogP contribution in [0.5, 0.6) is 11.6 Å². The van der Waals surface area contributed by atoms with Crippen LogP contribution in [0.3, 0.4) is 0 Å². The monoisotopic (exact) mass is 602 g/mol. The second kappa shape index (κ2) is 10.9. The Bertz CT molecular complexity index is 1840. The maximum atomic E-state index is 14.5. The fraction of sp³-hybridized carbons (Fsp3) is 0.324. The van der Waals surface area contributed by atoms with E-state index in [2.05, 4.69) is 17.4 Å². The smallest absolute Gasteiger partial charge is 0.265 e. The van der Waals surface area contributed by atoms with Gasteiger partial charge in [0.05, 0.1) is 11.5 Å². The number of rotatable bonds is 6. The first-order valence-electron chi connectivity index (χ1n) is 15.8. The van der Waals surface area contributed by atoms with Crippen LogP contribution in [0.2, 0.25) is 0 Å². The number of carbonyl (C=O) groups excluding carboxylic acids is 2. The predicted molar refractivity (Wildman–Crippen MR) is 167 cm³/mol. The largest absolute Gasteiger partial charge is 0.511 e. The van der Waals surface area contributed by atoms with Gasteiger partial charge in [0.2, 0.25) is 0 Å². The molecule has 0 spiro atoms. The minimum atomic E-state index is -0.850. The minimum absolute atomic E-state index is 0.126. The van der Waals surface area contributed by atoms with Gasteiger partial charge < -0.3 is 24.4 Å². The lowest BCUT2D eigenvalue weighted by molar-refractivity contribution is 0.0763. The lowest BCUT2D eigenvalue weighted by Gasteiger charge is -2.41. The van der Waals surface area contributed by atoms with Crippen LogP contribution in [-0.4, -0.2) is 28.4 Å². The van der Waals surface area contributed by atoms with E-state index in [1.807, 2.05) is 66.7 Å². The molecule has 1 aromatic heterocycles. The number of aromatic nitrogens is 1. The van der Waals surface area contributed by atoms with Crippen LogP contribution in [-0.2, 0) is 26.1 Å². The standard InChI is InChI=1S/C37H34N2O6/c1-20-12-13-38-33-25(20)17-27(43-18-21-8-4-2-5-9-21)31-26(33)15-23-14-24-16-28-32(36(42)30(24)34(40)29(23)35(31)41)37(39-45-28)44-19-22-10-6-3-7-11-22/h2-11,17,20,23-24,30,38,40H,12-16,18-19H2,1H3. The minimum Gasteiger partial charge on any atom is -0.511 e. The van der Waals surface area contributed by atoms with Crippen molar-refractivity contribution in [1.82, 2.24) is 5.16 Å². The molecule has 4 atom stereocenters. The Kier molecular flexibility index (Phi) is 6.73. The molecule has 4 aromatic rings. The Hall–Kier alpha value is -4.85. The van der Waals surface area contributed by atoms with E-state index in [0.717, 1.165) is 40.9 Å². The van der Waals surface area contributed by atoms with Crippen molar-refractivity contribution in [1.29, 1.82) is 0 Å². The van der Waals surface area contributed by atoms with E-state index >= 15 is 0 Å². The molecule has 0 saturated carbocycles. The number of ether oxygens (including phenoxy) is 2. The number of benzene rings is 3. The van der Waals surface area contributed by atoms with E-state index in [1.165, 1.54) is 0 Å². The number of Topliss-reactive ketones (excluding diaryl/α,β-unsaturated/α-hetero) is 2. The number of carbonyl (C=O) groups is 2. The fourth-order valence-electron chi connectivity index (χ4n) is 7.74. The molecule has 3 aromatic carbocycles. The molecule has 228 valence electrons. The van der Waals surface area contributed by atoms with Gasteiger partial charge in [-0.2, -0.15) is 0 Å². The highest BCUT2D eigenvalue weighted by atomic mass is 16.5. The molecule has 0 amide bonds. The van der Waals surface area contributed by atoms with Crippen molar-refractivity contribution in [3.63, 3.8) is 0 Å². The molecule has 2 N–H and O–H groups in total. The molecule has 4 unspecified atom stereocenters. The summed E-state index contributed by atoms with van der Waals surface area (Å²) < 4.78 is 17.9. The fourth-order valence-corrected chi connectivity index (χ4v) is 7.74. The molecule has 8 heteroatoms. The number of anilines is 1. The zero-order chi connectivity index (χ0) is 30.7. The summed E-state index contributed by atoms with van der Waals surface area (Å²) in [4.78, 5) is 28.5. The Morgan fingerprint density at radius 3 is 2.40 bits per heavy atom. The quantitative estimate of drug-likeness (QED) is 0.243. The van der Waals surface area contributed by atoms with Crippen molar-refractivity contribution in [2.75, 3.05) is 11.9 Å². The van der Waals surface area contributed by atoms with Crippen molar-refractivity contribution >= 4 is 17.3 Å². The number of hydrogen-bond donors (Lipinski definition) is 2. The van der Waals surface area contributed by atoms with Crippen molar-refractivity contribution in [3.8, 4) is 11.6 Å². The van der Waals surface area contributed by atoms with Crippen LogP contribution in [0.4, 0.5) is 5.69 Å². The summed E-state index contributed by atoms with van der Waals surface area (Å²) in [6.45, 7) is 3.59. The molecule has 45 heavy (non-hydrogen) atoms. The van der Waals surface area contributed by atoms with Gasteiger partial charge in [0.1, 0.15) is 30.3 Å². The Labute approximate surface area is 261 Å². The van der Waals surface area contributed by atoms with Gasteiger partial charge in [-0.1, -0.05) is 67.6 Å². The van der Waals surface area contributed by atoms with Crippen LogP contribution in [0.1, 0.15) is 74.4 Å². The van der Waals surface area contributed by atoms with Crippen LogP contribution < -0.4 is 14.8 Å². The molecule has 3 aliphatic carbocycles. The first-order chi connectivity index (χ1) is 22.0. The van der Waals surface area contributed by atoms with Gasteiger partial charge in [-0.15, -0.1) is 0 Å². The van der Waals surface area contributed by atoms with E-state index in [0.29, 0.717) is 54.4 Å². The maximum absolute atomic E-state index is 14.5. The summed E-state index contributed by atoms with van der Waals surface area (Å²) in [7, 11) is 0. The summed E-state index contributed by atoms with van der Waals surface area (Å²) in [6, 6.07) is 21.5. The van der Waals surface area contributed by atoms with Gasteiger partial charge in [-0.05, 0) is 70.5 Å². The number of allylic oxidation sites excluding steroid dienone is 2. The van der Waals surface area contributed by atoms with E-state index in [1.54, 1.807) is 0 Å². The highest BCUT2D eigenvalue weighted by molar-refractivity contribution is 6.15. The number of hydrogen-bond acceptors (Lipinski definition) is 8. The first kappa shape index (κ1) is 27.7. The SMILES string of the molecule is CC1CCNc2c1cc(OCc1ccccc1)c1c2CC2CC3Cc4onc(OCc5ccccc5)c4C(=O)C3C(O)=C2C1=O. The Morgan fingerprint density at radius 2 is 1.67 bits per heavy atom. The second-order valence-corrected chi connectivity index (χ2v) is 12.7. The second-order valence-electron chi connectivity index (χ2n) is 12.7. The summed E-state index contributed by atoms with van der Waals surface area (Å²) in [5.74, 6) is -0.519. The van der Waals surface area contributed by atoms with Gasteiger partial charge in [-0.25, -0.2) is 0 Å². The summed E-state index contributed by atoms with van der Waals surface area (Å²) >= 11 is 0. The van der Waals surface area contributed by atoms with Gasteiger partial charge in [0.25, 0.3) is 5.88 Å². The zero-order valence-corrected chi connectivity index (χ0v) is 25.0. The van der Waals surface area contributed by atoms with Crippen LogP contribution >= 0.6 is 0 Å². The highest BCUT2D eigenvalue weighted by Gasteiger charge is 2.51.